The summed E-state index contributed by atoms with van der Waals surface area (Å²) in [5.41, 5.74) is 0.802. The second kappa shape index (κ2) is 10.2. The Morgan fingerprint density at radius 2 is 1.55 bits per heavy atom. The van der Waals surface area contributed by atoms with E-state index >= 15 is 0 Å². The molecule has 0 bridgehead atoms. The molecule has 5 rings (SSSR count). The number of hydrogen-bond acceptors (Lipinski definition) is 5. The topological polar surface area (TPSA) is 52.6 Å². The van der Waals surface area contributed by atoms with Crippen LogP contribution in [-0.4, -0.2) is 71.0 Å². The maximum Gasteiger partial charge on any atom is 0.225 e. The van der Waals surface area contributed by atoms with Crippen LogP contribution in [-0.2, 0) is 4.79 Å². The van der Waals surface area contributed by atoms with E-state index in [1.807, 2.05) is 6.07 Å². The van der Waals surface area contributed by atoms with Crippen LogP contribution < -0.4 is 4.90 Å². The molecule has 3 aliphatic heterocycles. The van der Waals surface area contributed by atoms with Gasteiger partial charge >= 0.3 is 0 Å². The fraction of sp³-hybridized carbons (Fsp3) is 0.577. The first-order chi connectivity index (χ1) is 16.2. The van der Waals surface area contributed by atoms with Gasteiger partial charge in [0.25, 0.3) is 0 Å². The molecule has 0 unspecified atom stereocenters. The predicted molar refractivity (Wildman–Crippen MR) is 127 cm³/mol. The van der Waals surface area contributed by atoms with Crippen molar-refractivity contribution in [2.45, 2.75) is 51.0 Å². The summed E-state index contributed by atoms with van der Waals surface area (Å²) in [7, 11) is 0. The number of anilines is 1. The first kappa shape index (κ1) is 22.3. The number of carbonyl (C=O) groups is 1. The molecule has 0 atom stereocenters. The predicted octanol–water partition coefficient (Wildman–Crippen LogP) is 3.98. The molecule has 33 heavy (non-hydrogen) atoms. The molecule has 3 saturated heterocycles. The Labute approximate surface area is 195 Å². The summed E-state index contributed by atoms with van der Waals surface area (Å²) in [5, 5.41) is 0. The van der Waals surface area contributed by atoms with Crippen molar-refractivity contribution in [2.24, 2.45) is 5.92 Å². The Bertz CT molecular complexity index is 930. The quantitative estimate of drug-likeness (QED) is 0.704. The van der Waals surface area contributed by atoms with Crippen LogP contribution >= 0.6 is 0 Å². The van der Waals surface area contributed by atoms with Gasteiger partial charge in [-0.25, -0.2) is 14.4 Å². The number of aromatic nitrogens is 2. The van der Waals surface area contributed by atoms with E-state index in [0.29, 0.717) is 17.8 Å². The number of nitrogens with zero attached hydrogens (tertiary/aromatic N) is 5. The van der Waals surface area contributed by atoms with Gasteiger partial charge in [0.1, 0.15) is 11.6 Å². The largest absolute Gasteiger partial charge is 0.356 e. The highest BCUT2D eigenvalue weighted by Crippen LogP contribution is 2.27. The number of carbonyl (C=O) groups excluding carboxylic acids is 1. The van der Waals surface area contributed by atoms with Crippen LogP contribution in [0.2, 0.25) is 0 Å². The molecular weight excluding hydrogens is 417 g/mol. The van der Waals surface area contributed by atoms with Crippen LogP contribution in [0.4, 0.5) is 10.2 Å². The maximum atomic E-state index is 13.2. The van der Waals surface area contributed by atoms with Gasteiger partial charge in [-0.15, -0.1) is 0 Å². The molecule has 6 nitrogen and oxygen atoms in total. The third kappa shape index (κ3) is 5.18. The van der Waals surface area contributed by atoms with E-state index in [1.165, 1.54) is 44.5 Å². The molecule has 0 N–H and O–H groups in total. The van der Waals surface area contributed by atoms with Gasteiger partial charge in [-0.2, -0.15) is 0 Å². The summed E-state index contributed by atoms with van der Waals surface area (Å²) in [6.07, 6.45) is 9.75. The molecule has 3 fully saturated rings. The molecule has 0 radical (unpaired) electrons. The lowest BCUT2D eigenvalue weighted by atomic mass is 9.93. The summed E-state index contributed by atoms with van der Waals surface area (Å²) in [4.78, 5) is 29.3. The highest BCUT2D eigenvalue weighted by molar-refractivity contribution is 5.79. The lowest BCUT2D eigenvalue weighted by molar-refractivity contribution is -0.137. The molecule has 176 valence electrons. The minimum atomic E-state index is -0.266. The Morgan fingerprint density at radius 3 is 2.24 bits per heavy atom. The molecule has 1 aromatic heterocycles. The minimum Gasteiger partial charge on any atom is -0.356 e. The van der Waals surface area contributed by atoms with Crippen LogP contribution in [0.5, 0.6) is 0 Å². The fourth-order valence-electron chi connectivity index (χ4n) is 5.61. The van der Waals surface area contributed by atoms with Gasteiger partial charge in [0.05, 0.1) is 0 Å². The molecule has 7 heteroatoms. The van der Waals surface area contributed by atoms with Gasteiger partial charge in [0.2, 0.25) is 5.91 Å². The maximum absolute atomic E-state index is 13.2. The first-order valence-electron chi connectivity index (χ1n) is 12.5. The summed E-state index contributed by atoms with van der Waals surface area (Å²) in [6, 6.07) is 8.85. The number of rotatable bonds is 4. The number of halogens is 1. The molecule has 0 spiro atoms. The summed E-state index contributed by atoms with van der Waals surface area (Å²) < 4.78 is 13.2. The minimum absolute atomic E-state index is 0.117. The van der Waals surface area contributed by atoms with Gasteiger partial charge in [-0.3, -0.25) is 4.79 Å². The first-order valence-corrected chi connectivity index (χ1v) is 12.5. The molecule has 0 saturated carbocycles. The Kier molecular flexibility index (Phi) is 6.85. The van der Waals surface area contributed by atoms with Gasteiger partial charge in [-0.05, 0) is 81.9 Å². The normalized spacial score (nSPS) is 21.4. The average Bonchev–Trinajstić information content (AvgIpc) is 2.89. The molecule has 1 amide bonds. The second-order valence-corrected chi connectivity index (χ2v) is 9.66. The van der Waals surface area contributed by atoms with Crippen LogP contribution in [0.25, 0.3) is 11.4 Å². The van der Waals surface area contributed by atoms with Gasteiger partial charge in [0.15, 0.2) is 5.82 Å². The molecule has 4 heterocycles. The SMILES string of the molecule is O=C(C1CCN(c2ccnc(-c3ccc(F)cc3)n2)CC1)N1CCC(N2CCCCC2)CC1. The fourth-order valence-corrected chi connectivity index (χ4v) is 5.61. The van der Waals surface area contributed by atoms with Crippen molar-refractivity contribution in [2.75, 3.05) is 44.2 Å². The van der Waals surface area contributed by atoms with Crippen molar-refractivity contribution >= 4 is 11.7 Å². The van der Waals surface area contributed by atoms with E-state index in [1.54, 1.807) is 18.3 Å². The van der Waals surface area contributed by atoms with E-state index in [9.17, 15) is 9.18 Å². The van der Waals surface area contributed by atoms with Crippen molar-refractivity contribution in [3.8, 4) is 11.4 Å². The zero-order valence-corrected chi connectivity index (χ0v) is 19.3. The molecule has 3 aliphatic rings. The van der Waals surface area contributed by atoms with Crippen LogP contribution in [0.15, 0.2) is 36.5 Å². The third-order valence-electron chi connectivity index (χ3n) is 7.59. The monoisotopic (exact) mass is 451 g/mol. The summed E-state index contributed by atoms with van der Waals surface area (Å²) in [6.45, 7) is 5.94. The zero-order chi connectivity index (χ0) is 22.6. The number of hydrogen-bond donors (Lipinski definition) is 0. The Hall–Kier alpha value is -2.54. The number of amides is 1. The third-order valence-corrected chi connectivity index (χ3v) is 7.59. The van der Waals surface area contributed by atoms with E-state index in [0.717, 1.165) is 63.2 Å². The molecular formula is C26H34FN5O. The number of piperidine rings is 3. The van der Waals surface area contributed by atoms with E-state index in [4.69, 9.17) is 4.98 Å². The molecule has 1 aromatic carbocycles. The van der Waals surface area contributed by atoms with Crippen molar-refractivity contribution in [3.05, 3.63) is 42.3 Å². The molecule has 0 aliphatic carbocycles. The van der Waals surface area contributed by atoms with Crippen LogP contribution in [0.1, 0.15) is 44.9 Å². The van der Waals surface area contributed by atoms with E-state index in [-0.39, 0.29) is 11.7 Å². The smallest absolute Gasteiger partial charge is 0.225 e. The highest BCUT2D eigenvalue weighted by Gasteiger charge is 2.32. The van der Waals surface area contributed by atoms with Crippen molar-refractivity contribution in [1.29, 1.82) is 0 Å². The Balaban J connectivity index is 1.13. The van der Waals surface area contributed by atoms with Crippen molar-refractivity contribution in [1.82, 2.24) is 19.8 Å². The van der Waals surface area contributed by atoms with Crippen LogP contribution in [0.3, 0.4) is 0 Å². The van der Waals surface area contributed by atoms with E-state index in [2.05, 4.69) is 19.7 Å². The van der Waals surface area contributed by atoms with Gasteiger partial charge in [-0.1, -0.05) is 6.42 Å². The van der Waals surface area contributed by atoms with Crippen LogP contribution in [0, 0.1) is 11.7 Å². The lowest BCUT2D eigenvalue weighted by Gasteiger charge is -2.41. The van der Waals surface area contributed by atoms with Crippen molar-refractivity contribution < 1.29 is 9.18 Å². The number of benzene rings is 1. The second-order valence-electron chi connectivity index (χ2n) is 9.66. The highest BCUT2D eigenvalue weighted by atomic mass is 19.1. The summed E-state index contributed by atoms with van der Waals surface area (Å²) >= 11 is 0. The number of likely N-dealkylation sites (tertiary alicyclic amines) is 2. The molecule has 2 aromatic rings. The van der Waals surface area contributed by atoms with Crippen molar-refractivity contribution in [3.63, 3.8) is 0 Å². The average molecular weight is 452 g/mol. The van der Waals surface area contributed by atoms with Gasteiger partial charge < -0.3 is 14.7 Å². The zero-order valence-electron chi connectivity index (χ0n) is 19.3. The standard InChI is InChI=1S/C26H34FN5O/c27-22-6-4-20(5-7-22)25-28-13-8-24(29-25)31-16-9-21(10-17-31)26(33)32-18-11-23(12-19-32)30-14-2-1-3-15-30/h4-8,13,21,23H,1-3,9-12,14-19H2. The lowest BCUT2D eigenvalue weighted by Crippen LogP contribution is -2.50. The Morgan fingerprint density at radius 1 is 0.848 bits per heavy atom. The van der Waals surface area contributed by atoms with E-state index < -0.39 is 0 Å². The van der Waals surface area contributed by atoms with Gasteiger partial charge in [0, 0.05) is 49.9 Å². The summed E-state index contributed by atoms with van der Waals surface area (Å²) in [5.74, 6) is 1.67.